The fourth-order valence-corrected chi connectivity index (χ4v) is 7.59. The van der Waals surface area contributed by atoms with Crippen LogP contribution < -0.4 is 24.6 Å². The minimum Gasteiger partial charge on any atom is -0.489 e. The number of nitrogens with one attached hydrogen (secondary N) is 1. The van der Waals surface area contributed by atoms with Crippen molar-refractivity contribution in [3.8, 4) is 11.5 Å². The van der Waals surface area contributed by atoms with Gasteiger partial charge in [0.15, 0.2) is 0 Å². The average Bonchev–Trinajstić information content (AvgIpc) is 3.24. The smallest absolute Gasteiger partial charge is 0.410 e. The van der Waals surface area contributed by atoms with Crippen LogP contribution in [0.5, 0.6) is 11.5 Å². The second-order valence-electron chi connectivity index (χ2n) is 18.0. The quantitative estimate of drug-likeness (QED) is 0.121. The first-order chi connectivity index (χ1) is 28.4. The van der Waals surface area contributed by atoms with E-state index < -0.39 is 5.60 Å². The van der Waals surface area contributed by atoms with Gasteiger partial charge in [0.2, 0.25) is 0 Å². The molecular weight excluding hydrogens is 733 g/mol. The highest BCUT2D eigenvalue weighted by atomic mass is 16.6. The van der Waals surface area contributed by atoms with Crippen LogP contribution in [0.15, 0.2) is 109 Å². The van der Waals surface area contributed by atoms with Gasteiger partial charge in [0.05, 0.1) is 0 Å². The molecule has 0 bridgehead atoms. The molecule has 6 rings (SSSR count). The fourth-order valence-electron chi connectivity index (χ4n) is 7.59. The van der Waals surface area contributed by atoms with Gasteiger partial charge in [-0.15, -0.1) is 0 Å². The topological polar surface area (TPSA) is 66.5 Å². The molecule has 2 saturated heterocycles. The van der Waals surface area contributed by atoms with Crippen LogP contribution in [0.25, 0.3) is 0 Å². The van der Waals surface area contributed by atoms with Crippen molar-refractivity contribution in [2.45, 2.75) is 118 Å². The monoisotopic (exact) mass is 805 g/mol. The summed E-state index contributed by atoms with van der Waals surface area (Å²) >= 11 is 0. The molecule has 59 heavy (non-hydrogen) atoms. The Kier molecular flexibility index (Phi) is 17.8. The van der Waals surface area contributed by atoms with Crippen molar-refractivity contribution < 1.29 is 19.0 Å². The third-order valence-electron chi connectivity index (χ3n) is 11.0. The molecule has 0 unspecified atom stereocenters. The number of anilines is 2. The van der Waals surface area contributed by atoms with Gasteiger partial charge in [-0.2, -0.15) is 0 Å². The molecule has 2 fully saturated rings. The summed E-state index contributed by atoms with van der Waals surface area (Å²) in [6, 6.07) is 38.8. The molecule has 1 N–H and O–H groups in total. The van der Waals surface area contributed by atoms with Crippen molar-refractivity contribution in [2.24, 2.45) is 11.8 Å². The zero-order valence-electron chi connectivity index (χ0n) is 37.1. The van der Waals surface area contributed by atoms with E-state index in [1.54, 1.807) is 0 Å². The van der Waals surface area contributed by atoms with Crippen LogP contribution in [-0.4, -0.2) is 67.9 Å². The lowest BCUT2D eigenvalue weighted by molar-refractivity contribution is 0.0204. The lowest BCUT2D eigenvalue weighted by Gasteiger charge is -2.40. The van der Waals surface area contributed by atoms with Crippen LogP contribution in [-0.2, 0) is 18.0 Å². The van der Waals surface area contributed by atoms with E-state index in [0.29, 0.717) is 31.2 Å². The SMILES string of the molecule is CC(C)CCN(c1ccc(OCc2ccccc2)cc1)C1CCN(C(=O)OC(C)(C)C)CC1.CC(C)CCN(c1ccc(OCc2ccccc2)cc1)C1CCNCC1. The molecule has 0 aromatic heterocycles. The van der Waals surface area contributed by atoms with Crippen molar-refractivity contribution in [1.29, 1.82) is 0 Å². The maximum Gasteiger partial charge on any atom is 0.410 e. The predicted molar refractivity (Wildman–Crippen MR) is 245 cm³/mol. The second-order valence-corrected chi connectivity index (χ2v) is 18.0. The molecule has 4 aromatic rings. The Morgan fingerprint density at radius 2 is 1.03 bits per heavy atom. The van der Waals surface area contributed by atoms with E-state index in [1.165, 1.54) is 36.2 Å². The zero-order chi connectivity index (χ0) is 42.0. The average molecular weight is 805 g/mol. The molecule has 8 heteroatoms. The van der Waals surface area contributed by atoms with Gasteiger partial charge < -0.3 is 34.2 Å². The van der Waals surface area contributed by atoms with Crippen LogP contribution in [0.3, 0.4) is 0 Å². The van der Waals surface area contributed by atoms with Gasteiger partial charge in [-0.1, -0.05) is 88.4 Å². The third kappa shape index (κ3) is 15.8. The number of nitrogens with zero attached hydrogens (tertiary/aromatic N) is 3. The van der Waals surface area contributed by atoms with Crippen LogP contribution in [0.1, 0.15) is 98.1 Å². The van der Waals surface area contributed by atoms with Gasteiger partial charge >= 0.3 is 6.09 Å². The summed E-state index contributed by atoms with van der Waals surface area (Å²) in [5, 5.41) is 3.48. The van der Waals surface area contributed by atoms with E-state index in [0.717, 1.165) is 81.5 Å². The first kappa shape index (κ1) is 45.4. The lowest BCUT2D eigenvalue weighted by atomic mass is 10.0. The van der Waals surface area contributed by atoms with E-state index in [9.17, 15) is 4.79 Å². The number of ether oxygens (including phenoxy) is 3. The van der Waals surface area contributed by atoms with Crippen LogP contribution in [0.2, 0.25) is 0 Å². The number of piperidine rings is 2. The first-order valence-electron chi connectivity index (χ1n) is 22.2. The minimum absolute atomic E-state index is 0.199. The van der Waals surface area contributed by atoms with Crippen LogP contribution in [0.4, 0.5) is 16.2 Å². The standard InChI is InChI=1S/C28H40N2O3.C23H32N2O/c1-22(2)15-20-30(25-16-18-29(19-17-25)27(31)33-28(3,4)5)24-11-13-26(14-12-24)32-21-23-9-7-6-8-10-23;1-19(2)14-17-25(22-12-15-24-16-13-22)21-8-10-23(11-9-21)26-18-20-6-4-3-5-7-20/h6-14,22,25H,15-21H2,1-5H3;3-11,19,22,24H,12-18H2,1-2H3. The summed E-state index contributed by atoms with van der Waals surface area (Å²) in [5.74, 6) is 3.19. The maximum atomic E-state index is 12.5. The van der Waals surface area contributed by atoms with Crippen molar-refractivity contribution in [2.75, 3.05) is 49.1 Å². The Balaban J connectivity index is 0.000000230. The van der Waals surface area contributed by atoms with E-state index in [-0.39, 0.29) is 6.09 Å². The van der Waals surface area contributed by atoms with E-state index in [4.69, 9.17) is 14.2 Å². The maximum absolute atomic E-state index is 12.5. The Morgan fingerprint density at radius 1 is 0.627 bits per heavy atom. The Bertz CT molecular complexity index is 1750. The Hall–Kier alpha value is -4.69. The number of hydrogen-bond acceptors (Lipinski definition) is 7. The highest BCUT2D eigenvalue weighted by molar-refractivity contribution is 5.68. The summed E-state index contributed by atoms with van der Waals surface area (Å²) < 4.78 is 17.5. The summed E-state index contributed by atoms with van der Waals surface area (Å²) in [7, 11) is 0. The molecule has 1 amide bonds. The van der Waals surface area contributed by atoms with Gasteiger partial charge in [-0.3, -0.25) is 0 Å². The molecule has 2 aliphatic heterocycles. The molecule has 0 radical (unpaired) electrons. The van der Waals surface area contributed by atoms with Gasteiger partial charge in [0, 0.05) is 49.6 Å². The molecule has 320 valence electrons. The molecule has 0 saturated carbocycles. The van der Waals surface area contributed by atoms with Crippen molar-refractivity contribution in [1.82, 2.24) is 10.2 Å². The van der Waals surface area contributed by atoms with E-state index in [2.05, 4.69) is 116 Å². The number of hydrogen-bond donors (Lipinski definition) is 1. The van der Waals surface area contributed by atoms with Crippen LogP contribution >= 0.6 is 0 Å². The van der Waals surface area contributed by atoms with Gasteiger partial charge in [-0.05, 0) is 144 Å². The van der Waals surface area contributed by atoms with Crippen molar-refractivity contribution in [3.63, 3.8) is 0 Å². The van der Waals surface area contributed by atoms with Crippen molar-refractivity contribution >= 4 is 17.5 Å². The summed E-state index contributed by atoms with van der Waals surface area (Å²) in [6.45, 7) is 21.9. The number of amides is 1. The van der Waals surface area contributed by atoms with E-state index in [1.807, 2.05) is 62.1 Å². The fraction of sp³-hybridized carbons (Fsp3) is 0.510. The number of rotatable bonds is 16. The molecule has 2 heterocycles. The highest BCUT2D eigenvalue weighted by Crippen LogP contribution is 2.29. The lowest BCUT2D eigenvalue weighted by Crippen LogP contribution is -2.48. The van der Waals surface area contributed by atoms with Gasteiger partial charge in [0.25, 0.3) is 0 Å². The predicted octanol–water partition coefficient (Wildman–Crippen LogP) is 11.4. The molecule has 2 aliphatic rings. The number of carbonyl (C=O) groups is 1. The van der Waals surface area contributed by atoms with Gasteiger partial charge in [-0.25, -0.2) is 4.79 Å². The van der Waals surface area contributed by atoms with Crippen LogP contribution in [0, 0.1) is 11.8 Å². The molecular formula is C51H72N4O4. The summed E-state index contributed by atoms with van der Waals surface area (Å²) in [4.78, 5) is 19.4. The molecule has 0 spiro atoms. The van der Waals surface area contributed by atoms with Gasteiger partial charge in [0.1, 0.15) is 30.3 Å². The summed E-state index contributed by atoms with van der Waals surface area (Å²) in [6.07, 6.45) is 6.52. The van der Waals surface area contributed by atoms with E-state index >= 15 is 0 Å². The number of likely N-dealkylation sites (tertiary alicyclic amines) is 1. The largest absolute Gasteiger partial charge is 0.489 e. The highest BCUT2D eigenvalue weighted by Gasteiger charge is 2.30. The molecule has 4 aromatic carbocycles. The molecule has 0 aliphatic carbocycles. The number of benzene rings is 4. The Morgan fingerprint density at radius 3 is 1.42 bits per heavy atom. The normalized spacial score (nSPS) is 15.0. The second kappa shape index (κ2) is 23.2. The number of carbonyl (C=O) groups excluding carboxylic acids is 1. The Labute approximate surface area is 356 Å². The minimum atomic E-state index is -0.457. The third-order valence-corrected chi connectivity index (χ3v) is 11.0. The first-order valence-corrected chi connectivity index (χ1v) is 22.2. The molecule has 0 atom stereocenters. The van der Waals surface area contributed by atoms with Crippen molar-refractivity contribution in [3.05, 3.63) is 120 Å². The summed E-state index contributed by atoms with van der Waals surface area (Å²) in [5.41, 5.74) is 4.45. The molecule has 8 nitrogen and oxygen atoms in total. The zero-order valence-corrected chi connectivity index (χ0v) is 37.1.